The van der Waals surface area contributed by atoms with E-state index in [2.05, 4.69) is 13.8 Å². The molecule has 4 rings (SSSR count). The molecule has 30 heavy (non-hydrogen) atoms. The number of sulfonamides is 1. The first-order valence-electron chi connectivity index (χ1n) is 10.7. The number of likely N-dealkylation sites (tertiary alicyclic amines) is 1. The molecule has 0 spiro atoms. The van der Waals surface area contributed by atoms with Crippen LogP contribution in [-0.4, -0.2) is 42.7 Å². The van der Waals surface area contributed by atoms with Crippen LogP contribution in [0.1, 0.15) is 37.0 Å². The predicted octanol–water partition coefficient (Wildman–Crippen LogP) is 3.62. The van der Waals surface area contributed by atoms with E-state index in [0.717, 1.165) is 23.1 Å². The Hall–Kier alpha value is -2.18. The van der Waals surface area contributed by atoms with E-state index in [1.807, 2.05) is 36.1 Å². The fraction of sp³-hybridized carbons (Fsp3) is 0.458. The Balaban J connectivity index is 1.72. The second kappa shape index (κ2) is 8.16. The highest BCUT2D eigenvalue weighted by molar-refractivity contribution is 7.89. The van der Waals surface area contributed by atoms with Gasteiger partial charge in [0.2, 0.25) is 15.9 Å². The molecule has 1 fully saturated rings. The van der Waals surface area contributed by atoms with Crippen LogP contribution in [0.3, 0.4) is 0 Å². The van der Waals surface area contributed by atoms with E-state index in [1.165, 1.54) is 4.31 Å². The van der Waals surface area contributed by atoms with Crippen molar-refractivity contribution in [3.8, 4) is 0 Å². The van der Waals surface area contributed by atoms with E-state index >= 15 is 0 Å². The molecular weight excluding hydrogens is 396 g/mol. The quantitative estimate of drug-likeness (QED) is 0.753. The van der Waals surface area contributed by atoms with Crippen LogP contribution in [0.15, 0.2) is 53.4 Å². The highest BCUT2D eigenvalue weighted by atomic mass is 32.2. The van der Waals surface area contributed by atoms with Gasteiger partial charge in [-0.15, -0.1) is 0 Å². The standard InChI is InChI=1S/C24H30N2O3S/c1-17-8-10-22(11-9-17)30(28,29)26-16-21-7-5-4-6-20(21)13-23(26)24(27)25-14-18(2)12-19(3)15-25/h4-11,18-19,23H,12-16H2,1-3H3/t18-,19-,23+/m0/s1. The maximum atomic E-state index is 13.6. The van der Waals surface area contributed by atoms with Gasteiger partial charge >= 0.3 is 0 Å². The van der Waals surface area contributed by atoms with Crippen molar-refractivity contribution in [3.63, 3.8) is 0 Å². The zero-order chi connectivity index (χ0) is 21.5. The molecule has 1 saturated heterocycles. The first kappa shape index (κ1) is 21.1. The van der Waals surface area contributed by atoms with E-state index < -0.39 is 16.1 Å². The molecule has 1 amide bonds. The van der Waals surface area contributed by atoms with Crippen molar-refractivity contribution in [3.05, 3.63) is 65.2 Å². The molecule has 0 aliphatic carbocycles. The maximum absolute atomic E-state index is 13.6. The van der Waals surface area contributed by atoms with Gasteiger partial charge in [0.15, 0.2) is 0 Å². The van der Waals surface area contributed by atoms with Gasteiger partial charge in [0.1, 0.15) is 6.04 Å². The van der Waals surface area contributed by atoms with Gasteiger partial charge in [-0.2, -0.15) is 4.31 Å². The van der Waals surface area contributed by atoms with Gasteiger partial charge in [0.05, 0.1) is 4.90 Å². The molecule has 2 aliphatic rings. The average molecular weight is 427 g/mol. The van der Waals surface area contributed by atoms with E-state index in [-0.39, 0.29) is 17.3 Å². The summed E-state index contributed by atoms with van der Waals surface area (Å²) in [5, 5.41) is 0. The van der Waals surface area contributed by atoms with Crippen LogP contribution in [0.4, 0.5) is 0 Å². The zero-order valence-corrected chi connectivity index (χ0v) is 18.7. The Morgan fingerprint density at radius 3 is 2.17 bits per heavy atom. The number of hydrogen-bond donors (Lipinski definition) is 0. The molecule has 0 radical (unpaired) electrons. The van der Waals surface area contributed by atoms with Crippen molar-refractivity contribution in [2.75, 3.05) is 13.1 Å². The minimum atomic E-state index is -3.80. The summed E-state index contributed by atoms with van der Waals surface area (Å²) in [6.07, 6.45) is 1.52. The lowest BCUT2D eigenvalue weighted by Crippen LogP contribution is -2.55. The molecule has 5 nitrogen and oxygen atoms in total. The van der Waals surface area contributed by atoms with Gasteiger partial charge in [-0.05, 0) is 54.9 Å². The molecule has 0 saturated carbocycles. The third kappa shape index (κ3) is 4.03. The van der Waals surface area contributed by atoms with E-state index in [1.54, 1.807) is 24.3 Å². The van der Waals surface area contributed by atoms with Gasteiger partial charge in [0, 0.05) is 19.6 Å². The maximum Gasteiger partial charge on any atom is 0.244 e. The minimum absolute atomic E-state index is 0.0708. The molecule has 0 unspecified atom stereocenters. The number of hydrogen-bond acceptors (Lipinski definition) is 3. The summed E-state index contributed by atoms with van der Waals surface area (Å²) in [4.78, 5) is 15.7. The number of benzene rings is 2. The highest BCUT2D eigenvalue weighted by Gasteiger charge is 2.42. The number of carbonyl (C=O) groups excluding carboxylic acids is 1. The largest absolute Gasteiger partial charge is 0.341 e. The Morgan fingerprint density at radius 1 is 0.933 bits per heavy atom. The molecule has 3 atom stereocenters. The Bertz CT molecular complexity index is 1020. The van der Waals surface area contributed by atoms with Gasteiger partial charge in [-0.1, -0.05) is 55.8 Å². The summed E-state index contributed by atoms with van der Waals surface area (Å²) in [6, 6.07) is 14.0. The monoisotopic (exact) mass is 426 g/mol. The number of rotatable bonds is 3. The highest BCUT2D eigenvalue weighted by Crippen LogP contribution is 2.31. The fourth-order valence-electron chi connectivity index (χ4n) is 4.86. The summed E-state index contributed by atoms with van der Waals surface area (Å²) in [7, 11) is -3.80. The molecule has 160 valence electrons. The normalized spacial score (nSPS) is 25.0. The van der Waals surface area contributed by atoms with Gasteiger partial charge < -0.3 is 4.90 Å². The van der Waals surface area contributed by atoms with Crippen molar-refractivity contribution < 1.29 is 13.2 Å². The van der Waals surface area contributed by atoms with Crippen molar-refractivity contribution in [2.24, 2.45) is 11.8 Å². The average Bonchev–Trinajstić information content (AvgIpc) is 2.72. The van der Waals surface area contributed by atoms with Crippen molar-refractivity contribution in [1.82, 2.24) is 9.21 Å². The topological polar surface area (TPSA) is 57.7 Å². The number of nitrogens with zero attached hydrogens (tertiary/aromatic N) is 2. The van der Waals surface area contributed by atoms with Crippen LogP contribution in [-0.2, 0) is 27.8 Å². The Kier molecular flexibility index (Phi) is 5.73. The summed E-state index contributed by atoms with van der Waals surface area (Å²) in [5.74, 6) is 0.782. The van der Waals surface area contributed by atoms with Gasteiger partial charge in [-0.3, -0.25) is 4.79 Å². The number of piperidine rings is 1. The lowest BCUT2D eigenvalue weighted by atomic mass is 9.90. The molecular formula is C24H30N2O3S. The van der Waals surface area contributed by atoms with Crippen LogP contribution >= 0.6 is 0 Å². The van der Waals surface area contributed by atoms with Crippen LogP contribution in [0.25, 0.3) is 0 Å². The van der Waals surface area contributed by atoms with Crippen molar-refractivity contribution in [1.29, 1.82) is 0 Å². The summed E-state index contributed by atoms with van der Waals surface area (Å²) < 4.78 is 28.6. The minimum Gasteiger partial charge on any atom is -0.341 e. The summed E-state index contributed by atoms with van der Waals surface area (Å²) in [6.45, 7) is 7.86. The zero-order valence-electron chi connectivity index (χ0n) is 17.9. The third-order valence-electron chi connectivity index (χ3n) is 6.30. The Morgan fingerprint density at radius 2 is 1.53 bits per heavy atom. The summed E-state index contributed by atoms with van der Waals surface area (Å²) >= 11 is 0. The molecule has 2 aliphatic heterocycles. The fourth-order valence-corrected chi connectivity index (χ4v) is 6.42. The lowest BCUT2D eigenvalue weighted by Gasteiger charge is -2.41. The smallest absolute Gasteiger partial charge is 0.244 e. The first-order chi connectivity index (χ1) is 14.3. The molecule has 0 N–H and O–H groups in total. The lowest BCUT2D eigenvalue weighted by molar-refractivity contribution is -0.138. The van der Waals surface area contributed by atoms with E-state index in [4.69, 9.17) is 0 Å². The van der Waals surface area contributed by atoms with Crippen LogP contribution in [0.5, 0.6) is 0 Å². The summed E-state index contributed by atoms with van der Waals surface area (Å²) in [5.41, 5.74) is 3.03. The second-order valence-corrected chi connectivity index (χ2v) is 10.9. The van der Waals surface area contributed by atoms with E-state index in [9.17, 15) is 13.2 Å². The van der Waals surface area contributed by atoms with Gasteiger partial charge in [-0.25, -0.2) is 8.42 Å². The molecule has 0 aromatic heterocycles. The first-order valence-corrected chi connectivity index (χ1v) is 12.1. The number of fused-ring (bicyclic) bond motifs is 1. The number of amides is 1. The second-order valence-electron chi connectivity index (χ2n) is 9.04. The predicted molar refractivity (Wildman–Crippen MR) is 117 cm³/mol. The SMILES string of the molecule is Cc1ccc(S(=O)(=O)N2Cc3ccccc3C[C@@H]2C(=O)N2C[C@@H](C)C[C@H](C)C2)cc1. The number of aryl methyl sites for hydroxylation is 1. The molecule has 2 aromatic carbocycles. The molecule has 2 heterocycles. The molecule has 2 aromatic rings. The van der Waals surface area contributed by atoms with Crippen LogP contribution in [0, 0.1) is 18.8 Å². The number of carbonyl (C=O) groups is 1. The van der Waals surface area contributed by atoms with Crippen LogP contribution < -0.4 is 0 Å². The molecule has 6 heteroatoms. The van der Waals surface area contributed by atoms with Crippen molar-refractivity contribution in [2.45, 2.75) is 51.1 Å². The Labute approximate surface area is 179 Å². The van der Waals surface area contributed by atoms with Crippen LogP contribution in [0.2, 0.25) is 0 Å². The van der Waals surface area contributed by atoms with Crippen molar-refractivity contribution >= 4 is 15.9 Å². The third-order valence-corrected chi connectivity index (χ3v) is 8.17. The molecule has 0 bridgehead atoms. The van der Waals surface area contributed by atoms with Gasteiger partial charge in [0.25, 0.3) is 0 Å². The van der Waals surface area contributed by atoms with E-state index in [0.29, 0.717) is 31.3 Å².